The van der Waals surface area contributed by atoms with E-state index in [0.29, 0.717) is 10.5 Å². The van der Waals surface area contributed by atoms with E-state index in [1.165, 1.54) is 35.6 Å². The Kier molecular flexibility index (Phi) is 7.34. The van der Waals surface area contributed by atoms with Crippen molar-refractivity contribution in [2.45, 2.75) is 18.4 Å². The summed E-state index contributed by atoms with van der Waals surface area (Å²) in [5, 5.41) is 0.512. The molecular weight excluding hydrogens is 510 g/mol. The summed E-state index contributed by atoms with van der Waals surface area (Å²) in [6.07, 6.45) is 0. The summed E-state index contributed by atoms with van der Waals surface area (Å²) < 4.78 is 35.1. The summed E-state index contributed by atoms with van der Waals surface area (Å²) in [6, 6.07) is 19.1. The first kappa shape index (κ1) is 24.6. The summed E-state index contributed by atoms with van der Waals surface area (Å²) in [4.78, 5) is 29.8. The van der Waals surface area contributed by atoms with Crippen LogP contribution in [0.3, 0.4) is 0 Å². The Balaban J connectivity index is 1.69. The van der Waals surface area contributed by atoms with Gasteiger partial charge in [0, 0.05) is 16.3 Å². The minimum Gasteiger partial charge on any atom is -0.465 e. The summed E-state index contributed by atoms with van der Waals surface area (Å²) in [5.74, 6) is -1.06. The molecule has 0 aliphatic carbocycles. The number of ether oxygens (including phenoxy) is 1. The average Bonchev–Trinajstić information content (AvgIpc) is 3.15. The van der Waals surface area contributed by atoms with E-state index in [0.717, 1.165) is 4.70 Å². The molecule has 0 radical (unpaired) electrons. The van der Waals surface area contributed by atoms with E-state index < -0.39 is 21.9 Å². The molecule has 11 heteroatoms. The van der Waals surface area contributed by atoms with Gasteiger partial charge >= 0.3 is 5.97 Å². The first-order valence-corrected chi connectivity index (χ1v) is 13.2. The van der Waals surface area contributed by atoms with E-state index in [1.807, 2.05) is 0 Å². The standard InChI is InChI=1S/C24H20ClN3O5S2/c1-2-33-22(29)15-28-20-12-11-17(25)14-21(20)34-24(28)26-23(30)16-7-6-8-18(13-16)27-35(31,32)19-9-4-3-5-10-19/h3-14,27H,2,15H2,1H3. The molecule has 1 aromatic heterocycles. The lowest BCUT2D eigenvalue weighted by atomic mass is 10.2. The quantitative estimate of drug-likeness (QED) is 0.356. The van der Waals surface area contributed by atoms with Gasteiger partial charge in [0.25, 0.3) is 15.9 Å². The molecule has 4 aromatic rings. The maximum absolute atomic E-state index is 13.0. The average molecular weight is 530 g/mol. The van der Waals surface area contributed by atoms with Crippen molar-refractivity contribution in [2.24, 2.45) is 4.99 Å². The van der Waals surface area contributed by atoms with Crippen molar-refractivity contribution in [3.63, 3.8) is 0 Å². The van der Waals surface area contributed by atoms with Crippen molar-refractivity contribution in [1.82, 2.24) is 4.57 Å². The van der Waals surface area contributed by atoms with Gasteiger partial charge in [0.1, 0.15) is 6.54 Å². The van der Waals surface area contributed by atoms with Crippen molar-refractivity contribution in [3.05, 3.63) is 88.2 Å². The zero-order valence-electron chi connectivity index (χ0n) is 18.5. The van der Waals surface area contributed by atoms with Crippen LogP contribution in [0.25, 0.3) is 10.2 Å². The van der Waals surface area contributed by atoms with Gasteiger partial charge in [0.2, 0.25) is 0 Å². The monoisotopic (exact) mass is 529 g/mol. The molecule has 35 heavy (non-hydrogen) atoms. The first-order valence-electron chi connectivity index (χ1n) is 10.5. The number of esters is 1. The topological polar surface area (TPSA) is 107 Å². The molecule has 3 aromatic carbocycles. The number of fused-ring (bicyclic) bond motifs is 1. The van der Waals surface area contributed by atoms with E-state index in [1.54, 1.807) is 60.0 Å². The largest absolute Gasteiger partial charge is 0.465 e. The first-order chi connectivity index (χ1) is 16.8. The molecule has 0 saturated heterocycles. The molecule has 1 heterocycles. The van der Waals surface area contributed by atoms with Crippen LogP contribution in [0.4, 0.5) is 5.69 Å². The lowest BCUT2D eigenvalue weighted by Gasteiger charge is -2.08. The Morgan fingerprint density at radius 3 is 2.57 bits per heavy atom. The van der Waals surface area contributed by atoms with Crippen LogP contribution in [-0.2, 0) is 26.1 Å². The van der Waals surface area contributed by atoms with E-state index >= 15 is 0 Å². The van der Waals surface area contributed by atoms with Gasteiger partial charge in [-0.25, -0.2) is 8.42 Å². The Labute approximate surface area is 210 Å². The van der Waals surface area contributed by atoms with Crippen LogP contribution < -0.4 is 9.52 Å². The zero-order valence-corrected chi connectivity index (χ0v) is 20.9. The predicted molar refractivity (Wildman–Crippen MR) is 135 cm³/mol. The van der Waals surface area contributed by atoms with Gasteiger partial charge in [-0.15, -0.1) is 0 Å². The molecule has 0 fully saturated rings. The fourth-order valence-electron chi connectivity index (χ4n) is 3.30. The number of rotatable bonds is 7. The molecule has 1 N–H and O–H groups in total. The van der Waals surface area contributed by atoms with Gasteiger partial charge in [-0.1, -0.05) is 47.2 Å². The molecule has 0 bridgehead atoms. The van der Waals surface area contributed by atoms with Crippen LogP contribution in [0, 0.1) is 0 Å². The zero-order chi connectivity index (χ0) is 25.0. The van der Waals surface area contributed by atoms with E-state index in [2.05, 4.69) is 9.71 Å². The van der Waals surface area contributed by atoms with Crippen LogP contribution in [0.5, 0.6) is 0 Å². The Bertz CT molecular complexity index is 1580. The number of carbonyl (C=O) groups is 2. The van der Waals surface area contributed by atoms with Crippen molar-refractivity contribution in [1.29, 1.82) is 0 Å². The number of halogens is 1. The van der Waals surface area contributed by atoms with Gasteiger partial charge in [0.15, 0.2) is 4.80 Å². The van der Waals surface area contributed by atoms with E-state index in [9.17, 15) is 18.0 Å². The fraction of sp³-hybridized carbons (Fsp3) is 0.125. The summed E-state index contributed by atoms with van der Waals surface area (Å²) in [6.45, 7) is 1.81. The number of nitrogens with zero attached hydrogens (tertiary/aromatic N) is 2. The second-order valence-electron chi connectivity index (χ2n) is 7.30. The number of anilines is 1. The smallest absolute Gasteiger partial charge is 0.326 e. The molecule has 0 saturated carbocycles. The Hall–Kier alpha value is -3.47. The molecule has 0 aliphatic rings. The molecule has 0 atom stereocenters. The second kappa shape index (κ2) is 10.4. The molecule has 0 spiro atoms. The molecular formula is C24H20ClN3O5S2. The number of benzene rings is 3. The van der Waals surface area contributed by atoms with Crippen LogP contribution >= 0.6 is 22.9 Å². The lowest BCUT2D eigenvalue weighted by molar-refractivity contribution is -0.143. The summed E-state index contributed by atoms with van der Waals surface area (Å²) in [5.41, 5.74) is 1.08. The van der Waals surface area contributed by atoms with Crippen LogP contribution in [-0.4, -0.2) is 31.5 Å². The number of thiazole rings is 1. The van der Waals surface area contributed by atoms with Gasteiger partial charge in [-0.2, -0.15) is 4.99 Å². The van der Waals surface area contributed by atoms with Gasteiger partial charge in [-0.3, -0.25) is 14.3 Å². The van der Waals surface area contributed by atoms with Gasteiger partial charge in [0.05, 0.1) is 21.7 Å². The van der Waals surface area contributed by atoms with Crippen LogP contribution in [0.1, 0.15) is 17.3 Å². The normalized spacial score (nSPS) is 12.0. The molecule has 0 unspecified atom stereocenters. The van der Waals surface area contributed by atoms with Crippen LogP contribution in [0.2, 0.25) is 5.02 Å². The SMILES string of the molecule is CCOC(=O)Cn1c(=NC(=O)c2cccc(NS(=O)(=O)c3ccccc3)c2)sc2cc(Cl)ccc21. The maximum Gasteiger partial charge on any atom is 0.326 e. The third-order valence-electron chi connectivity index (χ3n) is 4.85. The predicted octanol–water partition coefficient (Wildman–Crippen LogP) is 4.46. The number of amides is 1. The number of sulfonamides is 1. The van der Waals surface area contributed by atoms with Crippen molar-refractivity contribution in [2.75, 3.05) is 11.3 Å². The van der Waals surface area contributed by atoms with E-state index in [-0.39, 0.29) is 34.1 Å². The molecule has 0 aliphatic heterocycles. The Morgan fingerprint density at radius 2 is 1.83 bits per heavy atom. The highest BCUT2D eigenvalue weighted by Crippen LogP contribution is 2.22. The number of nitrogens with one attached hydrogen (secondary N) is 1. The highest BCUT2D eigenvalue weighted by molar-refractivity contribution is 7.92. The van der Waals surface area contributed by atoms with Crippen molar-refractivity contribution >= 4 is 60.7 Å². The highest BCUT2D eigenvalue weighted by atomic mass is 35.5. The van der Waals surface area contributed by atoms with Crippen molar-refractivity contribution < 1.29 is 22.7 Å². The highest BCUT2D eigenvalue weighted by Gasteiger charge is 2.16. The van der Waals surface area contributed by atoms with Gasteiger partial charge < -0.3 is 9.30 Å². The minimum atomic E-state index is -3.82. The fourth-order valence-corrected chi connectivity index (χ4v) is 5.68. The molecule has 8 nitrogen and oxygen atoms in total. The van der Waals surface area contributed by atoms with E-state index in [4.69, 9.17) is 16.3 Å². The summed E-state index contributed by atoms with van der Waals surface area (Å²) >= 11 is 7.31. The third-order valence-corrected chi connectivity index (χ3v) is 7.52. The third kappa shape index (κ3) is 5.79. The maximum atomic E-state index is 13.0. The molecule has 180 valence electrons. The van der Waals surface area contributed by atoms with Gasteiger partial charge in [-0.05, 0) is 55.5 Å². The molecule has 1 amide bonds. The lowest BCUT2D eigenvalue weighted by Crippen LogP contribution is -2.23. The second-order valence-corrected chi connectivity index (χ2v) is 10.4. The van der Waals surface area contributed by atoms with Crippen molar-refractivity contribution in [3.8, 4) is 0 Å². The number of aromatic nitrogens is 1. The minimum absolute atomic E-state index is 0.102. The van der Waals surface area contributed by atoms with Crippen LogP contribution in [0.15, 0.2) is 82.7 Å². The number of carbonyl (C=O) groups excluding carboxylic acids is 2. The summed E-state index contributed by atoms with van der Waals surface area (Å²) in [7, 11) is -3.82. The number of hydrogen-bond acceptors (Lipinski definition) is 6. The Morgan fingerprint density at radius 1 is 1.06 bits per heavy atom. The number of hydrogen-bond donors (Lipinski definition) is 1. The molecule has 4 rings (SSSR count).